The summed E-state index contributed by atoms with van der Waals surface area (Å²) in [6.07, 6.45) is 0. The standard InChI is InChI=1S/C15H44O6Si6/c1-16-26(18-22(3,4)5,19-23(6,7)8)15-27(17-2,20-24(9,10)11)21-25(12,13)14/h15H2,1-14H3. The first-order chi connectivity index (χ1) is 11.7. The van der Waals surface area contributed by atoms with E-state index in [4.69, 9.17) is 25.3 Å². The Hall–Kier alpha value is 1.06. The van der Waals surface area contributed by atoms with Gasteiger partial charge in [0.2, 0.25) is 0 Å². The lowest BCUT2D eigenvalue weighted by Gasteiger charge is -2.44. The molecular weight excluding hydrogens is 445 g/mol. The van der Waals surface area contributed by atoms with Crippen molar-refractivity contribution < 1.29 is 25.3 Å². The first kappa shape index (κ1) is 28.1. The van der Waals surface area contributed by atoms with E-state index in [0.717, 1.165) is 0 Å². The minimum atomic E-state index is -3.04. The lowest BCUT2D eigenvalue weighted by Crippen LogP contribution is -2.66. The summed E-state index contributed by atoms with van der Waals surface area (Å²) in [7, 11) is -10.4. The van der Waals surface area contributed by atoms with Gasteiger partial charge in [0.1, 0.15) is 0 Å². The summed E-state index contributed by atoms with van der Waals surface area (Å²) in [6.45, 7) is 26.0. The summed E-state index contributed by atoms with van der Waals surface area (Å²) in [5.41, 5.74) is 0.468. The molecule has 0 aromatic heterocycles. The lowest BCUT2D eigenvalue weighted by molar-refractivity contribution is 0.172. The minimum Gasteiger partial charge on any atom is -0.416 e. The van der Waals surface area contributed by atoms with Gasteiger partial charge in [-0.25, -0.2) is 0 Å². The van der Waals surface area contributed by atoms with E-state index < -0.39 is 50.9 Å². The molecule has 0 amide bonds. The molecule has 6 nitrogen and oxygen atoms in total. The number of hydrogen-bond acceptors (Lipinski definition) is 6. The van der Waals surface area contributed by atoms with Crippen molar-refractivity contribution in [2.75, 3.05) is 14.2 Å². The molecule has 0 aliphatic carbocycles. The van der Waals surface area contributed by atoms with Crippen LogP contribution >= 0.6 is 0 Å². The zero-order chi connectivity index (χ0) is 21.9. The Morgan fingerprint density at radius 3 is 0.704 bits per heavy atom. The van der Waals surface area contributed by atoms with Crippen LogP contribution in [-0.2, 0) is 25.3 Å². The van der Waals surface area contributed by atoms with Crippen molar-refractivity contribution in [3.8, 4) is 0 Å². The molecule has 0 unspecified atom stereocenters. The second-order valence-corrected chi connectivity index (χ2v) is 35.9. The van der Waals surface area contributed by atoms with E-state index in [1.807, 2.05) is 0 Å². The first-order valence-corrected chi connectivity index (χ1v) is 27.1. The van der Waals surface area contributed by atoms with Crippen LogP contribution in [0.5, 0.6) is 0 Å². The molecule has 12 heteroatoms. The van der Waals surface area contributed by atoms with Gasteiger partial charge in [-0.15, -0.1) is 0 Å². The van der Waals surface area contributed by atoms with E-state index in [1.165, 1.54) is 0 Å². The summed E-state index contributed by atoms with van der Waals surface area (Å²) in [5.74, 6) is 0. The van der Waals surface area contributed by atoms with E-state index in [1.54, 1.807) is 14.2 Å². The van der Waals surface area contributed by atoms with Crippen molar-refractivity contribution >= 4 is 50.9 Å². The Balaban J connectivity index is 6.22. The van der Waals surface area contributed by atoms with Crippen molar-refractivity contribution in [3.05, 3.63) is 0 Å². The highest BCUT2D eigenvalue weighted by Crippen LogP contribution is 2.34. The zero-order valence-electron chi connectivity index (χ0n) is 20.2. The molecule has 0 atom stereocenters. The van der Waals surface area contributed by atoms with Crippen molar-refractivity contribution in [2.45, 2.75) is 84.2 Å². The van der Waals surface area contributed by atoms with Gasteiger partial charge in [0.05, 0.1) is 5.67 Å². The second kappa shape index (κ2) is 9.47. The molecule has 0 saturated carbocycles. The smallest absolute Gasteiger partial charge is 0.416 e. The van der Waals surface area contributed by atoms with Crippen LogP contribution in [0.1, 0.15) is 0 Å². The van der Waals surface area contributed by atoms with Crippen LogP contribution in [0.3, 0.4) is 0 Å². The van der Waals surface area contributed by atoms with Crippen LogP contribution in [0.4, 0.5) is 0 Å². The van der Waals surface area contributed by atoms with Crippen molar-refractivity contribution in [1.82, 2.24) is 0 Å². The topological polar surface area (TPSA) is 55.4 Å². The molecule has 164 valence electrons. The molecule has 0 saturated heterocycles. The van der Waals surface area contributed by atoms with Gasteiger partial charge in [0, 0.05) is 14.2 Å². The molecule has 0 radical (unpaired) electrons. The maximum atomic E-state index is 6.63. The van der Waals surface area contributed by atoms with Gasteiger partial charge in [-0.1, -0.05) is 0 Å². The quantitative estimate of drug-likeness (QED) is 0.356. The summed E-state index contributed by atoms with van der Waals surface area (Å²) in [5, 5.41) is 0. The average Bonchev–Trinajstić information content (AvgIpc) is 2.29. The molecule has 0 aromatic carbocycles. The van der Waals surface area contributed by atoms with E-state index in [-0.39, 0.29) is 0 Å². The number of rotatable bonds is 12. The Bertz CT molecular complexity index is 389. The average molecular weight is 489 g/mol. The highest BCUT2D eigenvalue weighted by molar-refractivity contribution is 6.95. The Labute approximate surface area is 174 Å². The van der Waals surface area contributed by atoms with Crippen LogP contribution in [-0.4, -0.2) is 65.1 Å². The van der Waals surface area contributed by atoms with Gasteiger partial charge in [-0.3, -0.25) is 0 Å². The lowest BCUT2D eigenvalue weighted by atomic mass is 11.8. The fourth-order valence-electron chi connectivity index (χ4n) is 2.63. The second-order valence-electron chi connectivity index (χ2n) is 10.8. The van der Waals surface area contributed by atoms with Gasteiger partial charge in [0.15, 0.2) is 33.3 Å². The molecule has 0 aromatic rings. The number of hydrogen-bond donors (Lipinski definition) is 0. The van der Waals surface area contributed by atoms with Gasteiger partial charge in [-0.2, -0.15) is 0 Å². The molecule has 0 rings (SSSR count). The highest BCUT2D eigenvalue weighted by atomic mass is 28.5. The third-order valence-corrected chi connectivity index (χ3v) is 22.4. The van der Waals surface area contributed by atoms with E-state index in [0.29, 0.717) is 5.67 Å². The van der Waals surface area contributed by atoms with Crippen molar-refractivity contribution in [2.24, 2.45) is 0 Å². The maximum absolute atomic E-state index is 6.63. The predicted molar refractivity (Wildman–Crippen MR) is 128 cm³/mol. The summed E-state index contributed by atoms with van der Waals surface area (Å²) >= 11 is 0. The molecule has 0 aliphatic rings. The monoisotopic (exact) mass is 488 g/mol. The molecule has 0 aliphatic heterocycles. The maximum Gasteiger partial charge on any atom is 0.484 e. The summed E-state index contributed by atoms with van der Waals surface area (Å²) in [4.78, 5) is 0. The highest BCUT2D eigenvalue weighted by Gasteiger charge is 2.59. The Kier molecular flexibility index (Phi) is 9.84. The summed E-state index contributed by atoms with van der Waals surface area (Å²) in [6, 6.07) is 0. The molecule has 0 N–H and O–H groups in total. The molecular formula is C15H44O6Si6. The largest absolute Gasteiger partial charge is 0.484 e. The Morgan fingerprint density at radius 2 is 0.593 bits per heavy atom. The third kappa shape index (κ3) is 12.4. The van der Waals surface area contributed by atoms with Crippen LogP contribution in [0.2, 0.25) is 84.2 Å². The minimum absolute atomic E-state index is 0.468. The van der Waals surface area contributed by atoms with Gasteiger partial charge >= 0.3 is 17.6 Å². The first-order valence-electron chi connectivity index (χ1n) is 9.56. The predicted octanol–water partition coefficient (Wildman–Crippen LogP) is 5.10. The van der Waals surface area contributed by atoms with Crippen LogP contribution in [0, 0.1) is 0 Å². The van der Waals surface area contributed by atoms with E-state index in [2.05, 4.69) is 78.6 Å². The van der Waals surface area contributed by atoms with Gasteiger partial charge < -0.3 is 25.3 Å². The Morgan fingerprint density at radius 1 is 0.407 bits per heavy atom. The van der Waals surface area contributed by atoms with Crippen LogP contribution < -0.4 is 0 Å². The van der Waals surface area contributed by atoms with Gasteiger partial charge in [-0.05, 0) is 78.6 Å². The molecule has 0 fully saturated rings. The van der Waals surface area contributed by atoms with Crippen molar-refractivity contribution in [1.29, 1.82) is 0 Å². The fourth-order valence-corrected chi connectivity index (χ4v) is 27.0. The zero-order valence-corrected chi connectivity index (χ0v) is 26.2. The molecule has 0 bridgehead atoms. The van der Waals surface area contributed by atoms with Gasteiger partial charge in [0.25, 0.3) is 0 Å². The van der Waals surface area contributed by atoms with E-state index in [9.17, 15) is 0 Å². The van der Waals surface area contributed by atoms with E-state index >= 15 is 0 Å². The van der Waals surface area contributed by atoms with Crippen LogP contribution in [0.15, 0.2) is 0 Å². The van der Waals surface area contributed by atoms with Crippen LogP contribution in [0.25, 0.3) is 0 Å². The SMILES string of the molecule is CO[Si](C[Si](OC)(O[Si](C)(C)C)O[Si](C)(C)C)(O[Si](C)(C)C)O[Si](C)(C)C. The molecule has 0 spiro atoms. The molecule has 27 heavy (non-hydrogen) atoms. The normalized spacial score (nSPS) is 15.3. The summed E-state index contributed by atoms with van der Waals surface area (Å²) < 4.78 is 38.7. The van der Waals surface area contributed by atoms with Crippen molar-refractivity contribution in [3.63, 3.8) is 0 Å². The third-order valence-electron chi connectivity index (χ3n) is 2.90. The molecule has 0 heterocycles. The fraction of sp³-hybridized carbons (Fsp3) is 1.00.